The molecule has 3 heterocycles. The van der Waals surface area contributed by atoms with Crippen molar-refractivity contribution in [3.63, 3.8) is 0 Å². The van der Waals surface area contributed by atoms with Crippen LogP contribution in [-0.2, 0) is 22.5 Å². The van der Waals surface area contributed by atoms with Gasteiger partial charge in [-0.15, -0.1) is 0 Å². The van der Waals surface area contributed by atoms with E-state index in [0.29, 0.717) is 30.6 Å². The van der Waals surface area contributed by atoms with E-state index < -0.39 is 12.0 Å². The first kappa shape index (κ1) is 18.8. The average molecular weight is 395 g/mol. The summed E-state index contributed by atoms with van der Waals surface area (Å²) in [5.41, 5.74) is 3.79. The summed E-state index contributed by atoms with van der Waals surface area (Å²) < 4.78 is 9.71. The van der Waals surface area contributed by atoms with Crippen LogP contribution in [0.5, 0.6) is 0 Å². The summed E-state index contributed by atoms with van der Waals surface area (Å²) in [6, 6.07) is 6.22. The number of aromatic nitrogens is 1. The number of methoxy groups -OCH3 is 1. The molecule has 0 saturated heterocycles. The number of esters is 1. The number of rotatable bonds is 4. The zero-order valence-electron chi connectivity index (χ0n) is 16.2. The lowest BCUT2D eigenvalue weighted by atomic mass is 10.0. The van der Waals surface area contributed by atoms with Gasteiger partial charge in [0.05, 0.1) is 24.5 Å². The highest BCUT2D eigenvalue weighted by atomic mass is 16.5. The van der Waals surface area contributed by atoms with Gasteiger partial charge < -0.3 is 24.4 Å². The number of ether oxygens (including phenoxy) is 1. The largest absolute Gasteiger partial charge is 0.472 e. The number of nitrogens with zero attached hydrogens (tertiary/aromatic N) is 1. The van der Waals surface area contributed by atoms with E-state index >= 15 is 0 Å². The summed E-state index contributed by atoms with van der Waals surface area (Å²) in [5, 5.41) is 3.61. The summed E-state index contributed by atoms with van der Waals surface area (Å²) in [5.74, 6) is -0.917. The molecule has 0 spiro atoms. The van der Waals surface area contributed by atoms with Gasteiger partial charge in [0.15, 0.2) is 0 Å². The third-order valence-corrected chi connectivity index (χ3v) is 5.21. The number of carbonyl (C=O) groups is 3. The summed E-state index contributed by atoms with van der Waals surface area (Å²) >= 11 is 0. The van der Waals surface area contributed by atoms with Crippen LogP contribution in [0.1, 0.15) is 38.9 Å². The van der Waals surface area contributed by atoms with Crippen molar-refractivity contribution < 1.29 is 23.5 Å². The van der Waals surface area contributed by atoms with Crippen molar-refractivity contribution in [3.8, 4) is 0 Å². The summed E-state index contributed by atoms with van der Waals surface area (Å²) in [7, 11) is 1.35. The summed E-state index contributed by atoms with van der Waals surface area (Å²) in [6.07, 6.45) is 3.42. The van der Waals surface area contributed by atoms with E-state index in [0.717, 1.165) is 22.2 Å². The van der Waals surface area contributed by atoms with Gasteiger partial charge >= 0.3 is 5.97 Å². The minimum Gasteiger partial charge on any atom is -0.472 e. The topological polar surface area (TPSA) is 105 Å². The lowest BCUT2D eigenvalue weighted by molar-refractivity contribution is -0.133. The van der Waals surface area contributed by atoms with Gasteiger partial charge in [-0.2, -0.15) is 0 Å². The number of fused-ring (bicyclic) bond motifs is 3. The molecule has 1 aromatic carbocycles. The van der Waals surface area contributed by atoms with Crippen LogP contribution in [0.4, 0.5) is 0 Å². The maximum absolute atomic E-state index is 12.9. The number of benzene rings is 1. The van der Waals surface area contributed by atoms with E-state index in [2.05, 4.69) is 10.3 Å². The molecule has 1 aliphatic rings. The fourth-order valence-corrected chi connectivity index (χ4v) is 3.66. The van der Waals surface area contributed by atoms with Gasteiger partial charge in [0.2, 0.25) is 5.91 Å². The van der Waals surface area contributed by atoms with E-state index in [1.54, 1.807) is 30.0 Å². The van der Waals surface area contributed by atoms with E-state index in [1.165, 1.54) is 19.6 Å². The molecule has 0 radical (unpaired) electrons. The van der Waals surface area contributed by atoms with E-state index in [1.807, 2.05) is 6.07 Å². The Morgan fingerprint density at radius 2 is 2.07 bits per heavy atom. The number of H-pyrrole nitrogens is 1. The van der Waals surface area contributed by atoms with E-state index in [4.69, 9.17) is 9.15 Å². The molecule has 4 rings (SSSR count). The number of hydrogen-bond donors (Lipinski definition) is 2. The molecular formula is C21H21N3O5. The molecule has 0 fully saturated rings. The van der Waals surface area contributed by atoms with Crippen molar-refractivity contribution >= 4 is 28.7 Å². The number of nitrogens with one attached hydrogen (secondary N) is 2. The second-order valence-corrected chi connectivity index (χ2v) is 7.05. The Morgan fingerprint density at radius 1 is 1.24 bits per heavy atom. The number of carbonyl (C=O) groups excluding carboxylic acids is 3. The number of amides is 2. The van der Waals surface area contributed by atoms with Gasteiger partial charge in [-0.3, -0.25) is 9.59 Å². The first-order valence-electron chi connectivity index (χ1n) is 9.31. The third-order valence-electron chi connectivity index (χ3n) is 5.21. The number of aromatic amines is 1. The van der Waals surface area contributed by atoms with Gasteiger partial charge in [-0.05, 0) is 31.2 Å². The Balaban J connectivity index is 1.53. The van der Waals surface area contributed by atoms with Gasteiger partial charge in [0.1, 0.15) is 12.3 Å². The van der Waals surface area contributed by atoms with Gasteiger partial charge in [0, 0.05) is 41.7 Å². The second-order valence-electron chi connectivity index (χ2n) is 7.05. The number of hydrogen-bond acceptors (Lipinski definition) is 5. The number of furan rings is 1. The fraction of sp³-hybridized carbons (Fsp3) is 0.286. The molecule has 1 aliphatic heterocycles. The van der Waals surface area contributed by atoms with Crippen molar-refractivity contribution in [3.05, 3.63) is 59.2 Å². The van der Waals surface area contributed by atoms with Crippen molar-refractivity contribution in [2.75, 3.05) is 13.7 Å². The highest BCUT2D eigenvalue weighted by Crippen LogP contribution is 2.29. The molecule has 0 saturated carbocycles. The molecule has 8 heteroatoms. The van der Waals surface area contributed by atoms with Crippen molar-refractivity contribution in [1.29, 1.82) is 0 Å². The molecular weight excluding hydrogens is 374 g/mol. The highest BCUT2D eigenvalue weighted by Gasteiger charge is 2.28. The molecule has 8 nitrogen and oxygen atoms in total. The zero-order valence-corrected chi connectivity index (χ0v) is 16.2. The maximum atomic E-state index is 12.9. The molecule has 150 valence electrons. The Kier molecular flexibility index (Phi) is 4.84. The normalized spacial score (nSPS) is 14.3. The monoisotopic (exact) mass is 395 g/mol. The minimum atomic E-state index is -0.671. The molecule has 3 aromatic rings. The maximum Gasteiger partial charge on any atom is 0.337 e. The second kappa shape index (κ2) is 7.46. The SMILES string of the molecule is COC(=O)c1ccc2[nH]c3c(c2c1)CN(C(=O)C(C)NC(=O)c1ccoc1)CC3. The Morgan fingerprint density at radius 3 is 2.79 bits per heavy atom. The van der Waals surface area contributed by atoms with Gasteiger partial charge in [0.25, 0.3) is 5.91 Å². The van der Waals surface area contributed by atoms with Crippen LogP contribution in [0.3, 0.4) is 0 Å². The molecule has 1 unspecified atom stereocenters. The first-order chi connectivity index (χ1) is 14.0. The van der Waals surface area contributed by atoms with E-state index in [9.17, 15) is 14.4 Å². The fourth-order valence-electron chi connectivity index (χ4n) is 3.66. The zero-order chi connectivity index (χ0) is 20.5. The van der Waals surface area contributed by atoms with Crippen LogP contribution in [0.25, 0.3) is 10.9 Å². The molecule has 0 bridgehead atoms. The lowest BCUT2D eigenvalue weighted by Gasteiger charge is -2.29. The summed E-state index contributed by atoms with van der Waals surface area (Å²) in [4.78, 5) is 42.0. The molecule has 2 N–H and O–H groups in total. The summed E-state index contributed by atoms with van der Waals surface area (Å²) in [6.45, 7) is 2.62. The van der Waals surface area contributed by atoms with Crippen molar-refractivity contribution in [2.45, 2.75) is 25.9 Å². The van der Waals surface area contributed by atoms with Crippen LogP contribution in [0.15, 0.2) is 41.2 Å². The standard InChI is InChI=1S/C21H21N3O5/c1-12(22-19(25)14-6-8-29-11-14)20(26)24-7-5-18-16(10-24)15-9-13(21(27)28-2)3-4-17(15)23-18/h3-4,6,8-9,11-12,23H,5,7,10H2,1-2H3,(H,22,25). The van der Waals surface area contributed by atoms with Crippen molar-refractivity contribution in [1.82, 2.24) is 15.2 Å². The van der Waals surface area contributed by atoms with Gasteiger partial charge in [-0.1, -0.05) is 0 Å². The third kappa shape index (κ3) is 3.49. The van der Waals surface area contributed by atoms with Crippen LogP contribution >= 0.6 is 0 Å². The smallest absolute Gasteiger partial charge is 0.337 e. The van der Waals surface area contributed by atoms with E-state index in [-0.39, 0.29) is 11.8 Å². The quantitative estimate of drug-likeness (QED) is 0.660. The average Bonchev–Trinajstić information content (AvgIpc) is 3.39. The van der Waals surface area contributed by atoms with Crippen LogP contribution in [-0.4, -0.2) is 47.4 Å². The predicted octanol–water partition coefficient (Wildman–Crippen LogP) is 2.25. The first-order valence-corrected chi connectivity index (χ1v) is 9.31. The molecule has 1 atom stereocenters. The van der Waals surface area contributed by atoms with Crippen LogP contribution in [0.2, 0.25) is 0 Å². The minimum absolute atomic E-state index is 0.161. The predicted molar refractivity (Wildman–Crippen MR) is 104 cm³/mol. The van der Waals surface area contributed by atoms with Crippen LogP contribution in [0, 0.1) is 0 Å². The Bertz CT molecular complexity index is 1080. The molecule has 2 amide bonds. The van der Waals surface area contributed by atoms with Crippen molar-refractivity contribution in [2.24, 2.45) is 0 Å². The van der Waals surface area contributed by atoms with Gasteiger partial charge in [-0.25, -0.2) is 4.79 Å². The molecule has 2 aromatic heterocycles. The highest BCUT2D eigenvalue weighted by molar-refractivity contribution is 5.98. The Hall–Kier alpha value is -3.55. The molecule has 29 heavy (non-hydrogen) atoms. The Labute approximate surface area is 166 Å². The lowest BCUT2D eigenvalue weighted by Crippen LogP contribution is -2.48. The molecule has 0 aliphatic carbocycles. The van der Waals surface area contributed by atoms with Crippen LogP contribution < -0.4 is 5.32 Å².